The normalized spacial score (nSPS) is 28.1. The highest BCUT2D eigenvalue weighted by Crippen LogP contribution is 2.54. The summed E-state index contributed by atoms with van der Waals surface area (Å²) in [5, 5.41) is 12.4. The number of aromatic nitrogens is 1. The molecular weight excluding hydrogens is 374 g/mol. The van der Waals surface area contributed by atoms with Crippen molar-refractivity contribution in [2.24, 2.45) is 23.7 Å². The fourth-order valence-electron chi connectivity index (χ4n) is 4.88. The van der Waals surface area contributed by atoms with E-state index in [2.05, 4.69) is 10.3 Å². The lowest BCUT2D eigenvalue weighted by molar-refractivity contribution is -0.144. The average Bonchev–Trinajstić information content (AvgIpc) is 3.48. The number of likely N-dealkylation sites (tertiary alicyclic amines) is 1. The monoisotopic (exact) mass is 393 g/mol. The molecule has 1 saturated heterocycles. The van der Waals surface area contributed by atoms with Gasteiger partial charge < -0.3 is 14.8 Å². The van der Waals surface area contributed by atoms with Crippen LogP contribution in [0.5, 0.6) is 5.75 Å². The van der Waals surface area contributed by atoms with Gasteiger partial charge in [0.25, 0.3) is 0 Å². The number of rotatable bonds is 5. The van der Waals surface area contributed by atoms with Crippen LogP contribution in [0, 0.1) is 23.7 Å². The molecule has 2 aromatic heterocycles. The van der Waals surface area contributed by atoms with Gasteiger partial charge in [0.2, 0.25) is 17.7 Å². The van der Waals surface area contributed by atoms with Crippen molar-refractivity contribution in [2.45, 2.75) is 18.9 Å². The van der Waals surface area contributed by atoms with Gasteiger partial charge in [-0.1, -0.05) is 12.2 Å². The molecule has 3 aliphatic rings. The van der Waals surface area contributed by atoms with Crippen LogP contribution in [0.2, 0.25) is 0 Å². The molecule has 5 rings (SSSR count). The zero-order chi connectivity index (χ0) is 20.1. The number of pyridine rings is 1. The third kappa shape index (κ3) is 2.74. The van der Waals surface area contributed by atoms with Crippen LogP contribution >= 0.6 is 0 Å². The van der Waals surface area contributed by atoms with E-state index in [1.165, 1.54) is 23.4 Å². The number of allylic oxidation sites excluding steroid dienone is 2. The van der Waals surface area contributed by atoms with Crippen molar-refractivity contribution < 1.29 is 23.9 Å². The van der Waals surface area contributed by atoms with Crippen LogP contribution < -0.4 is 5.32 Å². The molecule has 1 aliphatic heterocycles. The van der Waals surface area contributed by atoms with Crippen molar-refractivity contribution in [1.29, 1.82) is 0 Å². The largest absolute Gasteiger partial charge is 0.504 e. The Balaban J connectivity index is 1.41. The molecule has 1 saturated carbocycles. The van der Waals surface area contributed by atoms with E-state index >= 15 is 0 Å². The van der Waals surface area contributed by atoms with Gasteiger partial charge in [-0.05, 0) is 42.5 Å². The highest BCUT2D eigenvalue weighted by atomic mass is 16.3. The van der Waals surface area contributed by atoms with Crippen LogP contribution in [0.25, 0.3) is 0 Å². The Bertz CT molecular complexity index is 985. The summed E-state index contributed by atoms with van der Waals surface area (Å²) in [4.78, 5) is 44.1. The lowest BCUT2D eigenvalue weighted by Crippen LogP contribution is -2.38. The Labute approximate surface area is 166 Å². The number of anilines is 1. The quantitative estimate of drug-likeness (QED) is 0.595. The Morgan fingerprint density at radius 3 is 2.55 bits per heavy atom. The zero-order valence-corrected chi connectivity index (χ0v) is 15.4. The molecular formula is C21H19N3O5. The van der Waals surface area contributed by atoms with E-state index in [4.69, 9.17) is 4.42 Å². The maximum Gasteiger partial charge on any atom is 0.234 e. The van der Waals surface area contributed by atoms with Crippen LogP contribution in [-0.2, 0) is 14.4 Å². The molecule has 2 aromatic rings. The van der Waals surface area contributed by atoms with E-state index in [0.717, 1.165) is 6.42 Å². The maximum atomic E-state index is 13.2. The van der Waals surface area contributed by atoms with Gasteiger partial charge in [-0.15, -0.1) is 0 Å². The van der Waals surface area contributed by atoms with Gasteiger partial charge in [-0.2, -0.15) is 0 Å². The van der Waals surface area contributed by atoms with Crippen LogP contribution in [0.15, 0.2) is 53.3 Å². The molecule has 8 nitrogen and oxygen atoms in total. The molecule has 29 heavy (non-hydrogen) atoms. The highest BCUT2D eigenvalue weighted by molar-refractivity contribution is 6.07. The van der Waals surface area contributed by atoms with Gasteiger partial charge in [0.05, 0.1) is 24.5 Å². The summed E-state index contributed by atoms with van der Waals surface area (Å²) in [5.41, 5.74) is 0. The number of aromatic hydroxyl groups is 1. The lowest BCUT2D eigenvalue weighted by Gasteiger charge is -2.26. The molecule has 0 spiro atoms. The van der Waals surface area contributed by atoms with Gasteiger partial charge in [-0.3, -0.25) is 19.3 Å². The van der Waals surface area contributed by atoms with Gasteiger partial charge in [0.15, 0.2) is 11.6 Å². The minimum atomic E-state index is -0.846. The fraction of sp³-hybridized carbons (Fsp3) is 0.333. The van der Waals surface area contributed by atoms with Gasteiger partial charge in [-0.25, -0.2) is 4.98 Å². The number of carbonyl (C=O) groups excluding carboxylic acids is 3. The summed E-state index contributed by atoms with van der Waals surface area (Å²) in [6, 6.07) is 5.41. The highest BCUT2D eigenvalue weighted by Gasteiger charge is 2.60. The van der Waals surface area contributed by atoms with Crippen molar-refractivity contribution in [3.05, 3.63) is 54.6 Å². The smallest absolute Gasteiger partial charge is 0.234 e. The molecule has 0 radical (unpaired) electrons. The Morgan fingerprint density at radius 1 is 1.21 bits per heavy atom. The van der Waals surface area contributed by atoms with Crippen LogP contribution in [-0.4, -0.2) is 32.7 Å². The number of nitrogens with one attached hydrogen (secondary N) is 1. The number of nitrogens with zero attached hydrogens (tertiary/aromatic N) is 2. The molecule has 2 fully saturated rings. The summed E-state index contributed by atoms with van der Waals surface area (Å²) < 4.78 is 5.46. The molecule has 5 unspecified atom stereocenters. The van der Waals surface area contributed by atoms with Crippen LogP contribution in [0.3, 0.4) is 0 Å². The summed E-state index contributed by atoms with van der Waals surface area (Å²) >= 11 is 0. The second kappa shape index (κ2) is 6.58. The first kappa shape index (κ1) is 17.7. The van der Waals surface area contributed by atoms with E-state index in [0.29, 0.717) is 5.76 Å². The van der Waals surface area contributed by atoms with E-state index in [-0.39, 0.29) is 53.5 Å². The van der Waals surface area contributed by atoms with Crippen LogP contribution in [0.1, 0.15) is 24.6 Å². The first-order valence-corrected chi connectivity index (χ1v) is 9.57. The van der Waals surface area contributed by atoms with E-state index < -0.39 is 11.9 Å². The van der Waals surface area contributed by atoms with E-state index in [1.54, 1.807) is 18.2 Å². The minimum absolute atomic E-state index is 0.0221. The number of hydrogen-bond donors (Lipinski definition) is 2. The molecule has 2 bridgehead atoms. The Kier molecular flexibility index (Phi) is 4.01. The number of amides is 3. The number of hydrogen-bond acceptors (Lipinski definition) is 6. The van der Waals surface area contributed by atoms with Gasteiger partial charge in [0, 0.05) is 6.20 Å². The molecule has 0 aromatic carbocycles. The van der Waals surface area contributed by atoms with Crippen molar-refractivity contribution in [3.63, 3.8) is 0 Å². The standard InChI is InChI=1S/C21H19N3O5/c25-14-3-1-7-22-19(14)23-16(26)10-13(15-4-2-8-29-15)24-20(27)17-11-5-6-12(9-11)18(17)21(24)28/h1-8,11-13,17-18,25H,9-10H2,(H,22,23,26). The summed E-state index contributed by atoms with van der Waals surface area (Å²) in [5.74, 6) is -1.28. The van der Waals surface area contributed by atoms with Gasteiger partial charge >= 0.3 is 0 Å². The first-order valence-electron chi connectivity index (χ1n) is 9.57. The number of furan rings is 1. The molecule has 148 valence electrons. The molecule has 2 aliphatic carbocycles. The predicted molar refractivity (Wildman–Crippen MR) is 100 cm³/mol. The molecule has 3 amide bonds. The zero-order valence-electron chi connectivity index (χ0n) is 15.4. The minimum Gasteiger partial charge on any atom is -0.504 e. The molecule has 2 N–H and O–H groups in total. The topological polar surface area (TPSA) is 113 Å². The molecule has 3 heterocycles. The van der Waals surface area contributed by atoms with Crippen molar-refractivity contribution in [1.82, 2.24) is 9.88 Å². The van der Waals surface area contributed by atoms with Crippen molar-refractivity contribution >= 4 is 23.5 Å². The number of fused-ring (bicyclic) bond motifs is 5. The number of imide groups is 1. The van der Waals surface area contributed by atoms with E-state index in [1.807, 2.05) is 12.2 Å². The molecule has 5 atom stereocenters. The second-order valence-corrected chi connectivity index (χ2v) is 7.70. The van der Waals surface area contributed by atoms with E-state index in [9.17, 15) is 19.5 Å². The summed E-state index contributed by atoms with van der Waals surface area (Å²) in [6.45, 7) is 0. The second-order valence-electron chi connectivity index (χ2n) is 7.70. The Morgan fingerprint density at radius 2 is 1.93 bits per heavy atom. The SMILES string of the molecule is O=C(CC(c1ccco1)N1C(=O)C2C3C=CC(C3)C2C1=O)Nc1ncccc1O. The third-order valence-electron chi connectivity index (χ3n) is 6.11. The van der Waals surface area contributed by atoms with Gasteiger partial charge in [0.1, 0.15) is 11.8 Å². The Hall–Kier alpha value is -3.42. The number of carbonyl (C=O) groups is 3. The summed E-state index contributed by atoms with van der Waals surface area (Å²) in [7, 11) is 0. The fourth-order valence-corrected chi connectivity index (χ4v) is 4.88. The van der Waals surface area contributed by atoms with Crippen molar-refractivity contribution in [3.8, 4) is 5.75 Å². The van der Waals surface area contributed by atoms with Crippen molar-refractivity contribution in [2.75, 3.05) is 5.32 Å². The maximum absolute atomic E-state index is 13.2. The third-order valence-corrected chi connectivity index (χ3v) is 6.11. The lowest BCUT2D eigenvalue weighted by atomic mass is 9.85. The first-order chi connectivity index (χ1) is 14.0. The molecule has 8 heteroatoms. The van der Waals surface area contributed by atoms with Crippen LogP contribution in [0.4, 0.5) is 5.82 Å². The summed E-state index contributed by atoms with van der Waals surface area (Å²) in [6.07, 6.45) is 7.59. The predicted octanol–water partition coefficient (Wildman–Crippen LogP) is 2.26. The average molecular weight is 393 g/mol.